The quantitative estimate of drug-likeness (QED) is 0.848. The maximum atomic E-state index is 13.3. The van der Waals surface area contributed by atoms with Crippen molar-refractivity contribution in [2.75, 3.05) is 13.1 Å². The number of hydrogen-bond acceptors (Lipinski definition) is 3. The van der Waals surface area contributed by atoms with Gasteiger partial charge >= 0.3 is 0 Å². The molecule has 2 aliphatic heterocycles. The fourth-order valence-electron chi connectivity index (χ4n) is 3.12. The van der Waals surface area contributed by atoms with E-state index in [2.05, 4.69) is 5.32 Å². The Morgan fingerprint density at radius 1 is 1.19 bits per heavy atom. The molecular weight excluding hydrogens is 278 g/mol. The van der Waals surface area contributed by atoms with Crippen LogP contribution in [0.4, 0.5) is 8.78 Å². The number of nitrogens with one attached hydrogen (secondary N) is 1. The zero-order valence-corrected chi connectivity index (χ0v) is 11.7. The molecule has 1 fully saturated rings. The van der Waals surface area contributed by atoms with Gasteiger partial charge in [-0.05, 0) is 50.9 Å². The Morgan fingerprint density at radius 2 is 1.76 bits per heavy atom. The van der Waals surface area contributed by atoms with E-state index in [0.29, 0.717) is 0 Å². The smallest absolute Gasteiger partial charge is 0.261 e. The zero-order chi connectivity index (χ0) is 15.1. The number of piperidine rings is 1. The van der Waals surface area contributed by atoms with Gasteiger partial charge in [0.25, 0.3) is 11.8 Å². The van der Waals surface area contributed by atoms with E-state index >= 15 is 0 Å². The fourth-order valence-corrected chi connectivity index (χ4v) is 3.12. The van der Waals surface area contributed by atoms with Crippen molar-refractivity contribution < 1.29 is 18.4 Å². The van der Waals surface area contributed by atoms with Crippen molar-refractivity contribution in [1.82, 2.24) is 10.2 Å². The molecule has 1 saturated heterocycles. The monoisotopic (exact) mass is 294 g/mol. The summed E-state index contributed by atoms with van der Waals surface area (Å²) in [6.45, 7) is 3.48. The van der Waals surface area contributed by atoms with Crippen molar-refractivity contribution in [2.45, 2.75) is 25.8 Å². The first-order chi connectivity index (χ1) is 10.0. The first-order valence-corrected chi connectivity index (χ1v) is 7.08. The largest absolute Gasteiger partial charge is 0.316 e. The van der Waals surface area contributed by atoms with Crippen LogP contribution in [0.5, 0.6) is 0 Å². The summed E-state index contributed by atoms with van der Waals surface area (Å²) < 4.78 is 26.6. The average molecular weight is 294 g/mol. The summed E-state index contributed by atoms with van der Waals surface area (Å²) in [7, 11) is 0. The van der Waals surface area contributed by atoms with Gasteiger partial charge in [-0.3, -0.25) is 14.5 Å². The highest BCUT2D eigenvalue weighted by Crippen LogP contribution is 2.30. The van der Waals surface area contributed by atoms with Gasteiger partial charge in [-0.2, -0.15) is 0 Å². The first-order valence-electron chi connectivity index (χ1n) is 7.08. The molecule has 2 unspecified atom stereocenters. The second kappa shape index (κ2) is 5.18. The van der Waals surface area contributed by atoms with Crippen molar-refractivity contribution in [3.8, 4) is 0 Å². The highest BCUT2D eigenvalue weighted by molar-refractivity contribution is 6.21. The van der Waals surface area contributed by atoms with Crippen LogP contribution in [-0.2, 0) is 0 Å². The van der Waals surface area contributed by atoms with Gasteiger partial charge in [0.05, 0.1) is 11.1 Å². The zero-order valence-electron chi connectivity index (χ0n) is 11.7. The lowest BCUT2D eigenvalue weighted by atomic mass is 9.92. The molecule has 2 heterocycles. The lowest BCUT2D eigenvalue weighted by Gasteiger charge is -2.33. The standard InChI is InChI=1S/C15H16F2N2O2/c1-8(9-3-2-4-18-7-9)19-14(20)10-5-12(16)13(17)6-11(10)15(19)21/h5-6,8-9,18H,2-4,7H2,1H3. The molecule has 0 bridgehead atoms. The Labute approximate surface area is 121 Å². The molecule has 2 aliphatic rings. The van der Waals surface area contributed by atoms with E-state index < -0.39 is 23.4 Å². The highest BCUT2D eigenvalue weighted by Gasteiger charge is 2.41. The maximum Gasteiger partial charge on any atom is 0.261 e. The summed E-state index contributed by atoms with van der Waals surface area (Å²) in [5.74, 6) is -3.12. The lowest BCUT2D eigenvalue weighted by molar-refractivity contribution is 0.0529. The average Bonchev–Trinajstić information content (AvgIpc) is 2.72. The van der Waals surface area contributed by atoms with E-state index in [1.807, 2.05) is 6.92 Å². The maximum absolute atomic E-state index is 13.3. The molecule has 0 saturated carbocycles. The molecule has 0 aliphatic carbocycles. The predicted octanol–water partition coefficient (Wildman–Crippen LogP) is 1.95. The van der Waals surface area contributed by atoms with Crippen LogP contribution in [0, 0.1) is 17.6 Å². The highest BCUT2D eigenvalue weighted by atomic mass is 19.2. The third-order valence-electron chi connectivity index (χ3n) is 4.38. The number of carbonyl (C=O) groups excluding carboxylic acids is 2. The molecule has 0 radical (unpaired) electrons. The van der Waals surface area contributed by atoms with Gasteiger partial charge in [-0.15, -0.1) is 0 Å². The van der Waals surface area contributed by atoms with E-state index in [1.54, 1.807) is 0 Å². The number of benzene rings is 1. The number of rotatable bonds is 2. The summed E-state index contributed by atoms with van der Waals surface area (Å²) in [6, 6.07) is 1.34. The molecule has 1 aromatic carbocycles. The Hall–Kier alpha value is -1.82. The van der Waals surface area contributed by atoms with Crippen LogP contribution in [-0.4, -0.2) is 35.8 Å². The Bertz CT molecular complexity index is 571. The molecule has 6 heteroatoms. The fraction of sp³-hybridized carbons (Fsp3) is 0.467. The Balaban J connectivity index is 1.92. The number of hydrogen-bond donors (Lipinski definition) is 1. The number of halogens is 2. The van der Waals surface area contributed by atoms with Gasteiger partial charge in [-0.1, -0.05) is 0 Å². The van der Waals surface area contributed by atoms with Crippen molar-refractivity contribution >= 4 is 11.8 Å². The van der Waals surface area contributed by atoms with Crippen LogP contribution in [0.2, 0.25) is 0 Å². The van der Waals surface area contributed by atoms with Crippen LogP contribution in [0.3, 0.4) is 0 Å². The predicted molar refractivity (Wildman–Crippen MR) is 71.9 cm³/mol. The van der Waals surface area contributed by atoms with Gasteiger partial charge in [0, 0.05) is 6.04 Å². The normalized spacial score (nSPS) is 23.4. The first kappa shape index (κ1) is 14.1. The second-order valence-electron chi connectivity index (χ2n) is 5.64. The molecule has 2 amide bonds. The summed E-state index contributed by atoms with van der Waals surface area (Å²) >= 11 is 0. The molecular formula is C15H16F2N2O2. The number of imide groups is 1. The van der Waals surface area contributed by atoms with Crippen molar-refractivity contribution in [3.05, 3.63) is 34.9 Å². The molecule has 1 aromatic rings. The Morgan fingerprint density at radius 3 is 2.24 bits per heavy atom. The van der Waals surface area contributed by atoms with Gasteiger partial charge in [0.2, 0.25) is 0 Å². The van der Waals surface area contributed by atoms with Crippen LogP contribution < -0.4 is 5.32 Å². The van der Waals surface area contributed by atoms with Gasteiger partial charge in [0.15, 0.2) is 11.6 Å². The van der Waals surface area contributed by atoms with Crippen LogP contribution in [0.1, 0.15) is 40.5 Å². The third kappa shape index (κ3) is 2.23. The number of fused-ring (bicyclic) bond motifs is 1. The summed E-state index contributed by atoms with van der Waals surface area (Å²) in [4.78, 5) is 25.8. The molecule has 4 nitrogen and oxygen atoms in total. The van der Waals surface area contributed by atoms with E-state index in [4.69, 9.17) is 0 Å². The minimum atomic E-state index is -1.11. The van der Waals surface area contributed by atoms with E-state index in [1.165, 1.54) is 0 Å². The molecule has 21 heavy (non-hydrogen) atoms. The number of amides is 2. The minimum Gasteiger partial charge on any atom is -0.316 e. The van der Waals surface area contributed by atoms with Crippen molar-refractivity contribution in [3.63, 3.8) is 0 Å². The molecule has 0 aromatic heterocycles. The minimum absolute atomic E-state index is 0.0467. The van der Waals surface area contributed by atoms with Crippen molar-refractivity contribution in [2.24, 2.45) is 5.92 Å². The molecule has 2 atom stereocenters. The molecule has 0 spiro atoms. The van der Waals surface area contributed by atoms with E-state index in [0.717, 1.165) is 43.0 Å². The number of carbonyl (C=O) groups is 2. The topological polar surface area (TPSA) is 49.4 Å². The van der Waals surface area contributed by atoms with Gasteiger partial charge in [-0.25, -0.2) is 8.78 Å². The van der Waals surface area contributed by atoms with Crippen molar-refractivity contribution in [1.29, 1.82) is 0 Å². The third-order valence-corrected chi connectivity index (χ3v) is 4.38. The lowest BCUT2D eigenvalue weighted by Crippen LogP contribution is -2.47. The molecule has 3 rings (SSSR count). The second-order valence-corrected chi connectivity index (χ2v) is 5.64. The number of nitrogens with zero attached hydrogens (tertiary/aromatic N) is 1. The van der Waals surface area contributed by atoms with Crippen LogP contribution in [0.25, 0.3) is 0 Å². The SMILES string of the molecule is CC(C1CCCNC1)N1C(=O)c2cc(F)c(F)cc2C1=O. The summed E-state index contributed by atoms with van der Waals surface area (Å²) in [6.07, 6.45) is 1.91. The molecule has 112 valence electrons. The molecule has 1 N–H and O–H groups in total. The van der Waals surface area contributed by atoms with Gasteiger partial charge < -0.3 is 5.32 Å². The summed E-state index contributed by atoms with van der Waals surface area (Å²) in [5, 5.41) is 3.24. The Kier molecular flexibility index (Phi) is 3.49. The van der Waals surface area contributed by atoms with Crippen LogP contribution >= 0.6 is 0 Å². The summed E-state index contributed by atoms with van der Waals surface area (Å²) in [5.41, 5.74) is -0.0935. The van der Waals surface area contributed by atoms with Crippen LogP contribution in [0.15, 0.2) is 12.1 Å². The van der Waals surface area contributed by atoms with E-state index in [-0.39, 0.29) is 23.1 Å². The van der Waals surface area contributed by atoms with E-state index in [9.17, 15) is 18.4 Å². The van der Waals surface area contributed by atoms with Gasteiger partial charge in [0.1, 0.15) is 0 Å².